The van der Waals surface area contributed by atoms with Crippen LogP contribution in [0.15, 0.2) is 12.3 Å². The number of carbonyl (C=O) groups is 1. The van der Waals surface area contributed by atoms with Crippen LogP contribution >= 0.6 is 0 Å². The van der Waals surface area contributed by atoms with Crippen LogP contribution in [-0.2, 0) is 4.79 Å². The van der Waals surface area contributed by atoms with Crippen LogP contribution in [0.25, 0.3) is 0 Å². The van der Waals surface area contributed by atoms with Crippen molar-refractivity contribution < 1.29 is 39.5 Å². The number of ketones is 1. The fourth-order valence-electron chi connectivity index (χ4n) is 1.59. The number of rotatable bonds is 2. The fraction of sp³-hybridized carbons (Fsp3) is 0.667. The topological polar surface area (TPSA) is 40.1 Å². The van der Waals surface area contributed by atoms with Gasteiger partial charge in [0.2, 0.25) is 0 Å². The monoisotopic (exact) mass is 176 g/mol. The van der Waals surface area contributed by atoms with Crippen LogP contribution < -0.4 is 34.7 Å². The van der Waals surface area contributed by atoms with E-state index in [0.29, 0.717) is 6.26 Å². The van der Waals surface area contributed by atoms with Gasteiger partial charge >= 0.3 is 29.6 Å². The SMILES string of the molecule is O=C(/C=C/[O-])C1CCCCC1.[Na+]. The molecule has 0 aromatic carbocycles. The molecule has 0 heterocycles. The average molecular weight is 176 g/mol. The zero-order valence-corrected chi connectivity index (χ0v) is 9.58. The van der Waals surface area contributed by atoms with Crippen LogP contribution in [0.3, 0.4) is 0 Å². The normalized spacial score (nSPS) is 19.0. The van der Waals surface area contributed by atoms with Gasteiger partial charge in [-0.15, -0.1) is 6.26 Å². The molecule has 1 aliphatic carbocycles. The first kappa shape index (κ1) is 12.2. The Morgan fingerprint density at radius 3 is 2.33 bits per heavy atom. The molecule has 0 unspecified atom stereocenters. The summed E-state index contributed by atoms with van der Waals surface area (Å²) in [7, 11) is 0. The molecule has 1 saturated carbocycles. The molecule has 0 bridgehead atoms. The van der Waals surface area contributed by atoms with Gasteiger partial charge in [0.15, 0.2) is 5.78 Å². The first-order valence-corrected chi connectivity index (χ1v) is 4.17. The van der Waals surface area contributed by atoms with Crippen LogP contribution in [0, 0.1) is 5.92 Å². The van der Waals surface area contributed by atoms with Crippen molar-refractivity contribution in [2.24, 2.45) is 5.92 Å². The van der Waals surface area contributed by atoms with Crippen molar-refractivity contribution in [3.8, 4) is 0 Å². The number of hydrogen-bond donors (Lipinski definition) is 0. The molecule has 1 fully saturated rings. The Kier molecular flexibility index (Phi) is 6.81. The largest absolute Gasteiger partial charge is 1.00 e. The Morgan fingerprint density at radius 2 is 1.83 bits per heavy atom. The molecule has 0 N–H and O–H groups in total. The summed E-state index contributed by atoms with van der Waals surface area (Å²) in [6.45, 7) is 0. The predicted octanol–water partition coefficient (Wildman–Crippen LogP) is -1.99. The van der Waals surface area contributed by atoms with E-state index in [4.69, 9.17) is 0 Å². The molecule has 0 aromatic rings. The number of allylic oxidation sites excluding steroid dienone is 1. The van der Waals surface area contributed by atoms with Gasteiger partial charge in [0.25, 0.3) is 0 Å². The minimum atomic E-state index is 0. The summed E-state index contributed by atoms with van der Waals surface area (Å²) < 4.78 is 0. The van der Waals surface area contributed by atoms with E-state index in [1.54, 1.807) is 0 Å². The van der Waals surface area contributed by atoms with E-state index in [0.717, 1.165) is 31.8 Å². The first-order valence-electron chi connectivity index (χ1n) is 4.17. The molecule has 0 radical (unpaired) electrons. The molecule has 0 saturated heterocycles. The third-order valence-electron chi connectivity index (χ3n) is 2.24. The van der Waals surface area contributed by atoms with Gasteiger partial charge in [-0.3, -0.25) is 4.79 Å². The third-order valence-corrected chi connectivity index (χ3v) is 2.24. The van der Waals surface area contributed by atoms with Crippen molar-refractivity contribution in [3.05, 3.63) is 12.3 Å². The Bertz CT molecular complexity index is 160. The Labute approximate surface area is 95.3 Å². The molecule has 0 amide bonds. The Hall–Kier alpha value is 0.210. The predicted molar refractivity (Wildman–Crippen MR) is 40.7 cm³/mol. The second-order valence-corrected chi connectivity index (χ2v) is 3.04. The van der Waals surface area contributed by atoms with Gasteiger partial charge in [-0.05, 0) is 18.9 Å². The van der Waals surface area contributed by atoms with Crippen LogP contribution in [0.2, 0.25) is 0 Å². The number of carbonyl (C=O) groups excluding carboxylic acids is 1. The molecule has 0 spiro atoms. The van der Waals surface area contributed by atoms with Gasteiger partial charge in [0.05, 0.1) is 0 Å². The molecular weight excluding hydrogens is 163 g/mol. The van der Waals surface area contributed by atoms with Crippen LogP contribution in [0.1, 0.15) is 32.1 Å². The molecule has 0 aromatic heterocycles. The molecular formula is C9H13NaO2. The smallest absolute Gasteiger partial charge is 0.878 e. The van der Waals surface area contributed by atoms with E-state index < -0.39 is 0 Å². The summed E-state index contributed by atoms with van der Waals surface area (Å²) in [4.78, 5) is 11.1. The minimum absolute atomic E-state index is 0. The van der Waals surface area contributed by atoms with Crippen LogP contribution in [0.4, 0.5) is 0 Å². The summed E-state index contributed by atoms with van der Waals surface area (Å²) >= 11 is 0. The quantitative estimate of drug-likeness (QED) is 0.278. The zero-order chi connectivity index (χ0) is 8.10. The molecule has 0 aliphatic heterocycles. The second kappa shape index (κ2) is 6.70. The second-order valence-electron chi connectivity index (χ2n) is 3.04. The van der Waals surface area contributed by atoms with E-state index in [-0.39, 0.29) is 41.3 Å². The van der Waals surface area contributed by atoms with Crippen molar-refractivity contribution in [2.45, 2.75) is 32.1 Å². The minimum Gasteiger partial charge on any atom is -0.878 e. The van der Waals surface area contributed by atoms with E-state index in [1.165, 1.54) is 6.42 Å². The van der Waals surface area contributed by atoms with E-state index >= 15 is 0 Å². The average Bonchev–Trinajstić information content (AvgIpc) is 2.07. The van der Waals surface area contributed by atoms with Crippen molar-refractivity contribution in [3.63, 3.8) is 0 Å². The van der Waals surface area contributed by atoms with Gasteiger partial charge < -0.3 is 5.11 Å². The van der Waals surface area contributed by atoms with Crippen molar-refractivity contribution in [1.29, 1.82) is 0 Å². The summed E-state index contributed by atoms with van der Waals surface area (Å²) in [6, 6.07) is 0. The van der Waals surface area contributed by atoms with E-state index in [1.807, 2.05) is 0 Å². The van der Waals surface area contributed by atoms with E-state index in [2.05, 4.69) is 0 Å². The van der Waals surface area contributed by atoms with Crippen LogP contribution in [-0.4, -0.2) is 5.78 Å². The third kappa shape index (κ3) is 3.74. The first-order chi connectivity index (χ1) is 5.34. The van der Waals surface area contributed by atoms with Crippen molar-refractivity contribution >= 4 is 5.78 Å². The molecule has 1 rings (SSSR count). The summed E-state index contributed by atoms with van der Waals surface area (Å²) in [5, 5.41) is 9.98. The maximum Gasteiger partial charge on any atom is 1.00 e. The van der Waals surface area contributed by atoms with E-state index in [9.17, 15) is 9.90 Å². The Morgan fingerprint density at radius 1 is 1.25 bits per heavy atom. The maximum atomic E-state index is 11.1. The molecule has 12 heavy (non-hydrogen) atoms. The van der Waals surface area contributed by atoms with Crippen molar-refractivity contribution in [1.82, 2.24) is 0 Å². The zero-order valence-electron chi connectivity index (χ0n) is 7.58. The fourth-order valence-corrected chi connectivity index (χ4v) is 1.59. The van der Waals surface area contributed by atoms with Gasteiger partial charge in [0, 0.05) is 5.92 Å². The molecule has 1 aliphatic rings. The van der Waals surface area contributed by atoms with Crippen LogP contribution in [0.5, 0.6) is 0 Å². The number of hydrogen-bond acceptors (Lipinski definition) is 2. The molecule has 62 valence electrons. The standard InChI is InChI=1S/C9H14O2.Na/c10-7-6-9(11)8-4-2-1-3-5-8;/h6-8,10H,1-5H2;/q;+1/p-1/b7-6+;. The summed E-state index contributed by atoms with van der Waals surface area (Å²) in [5.41, 5.74) is 0. The molecule has 0 atom stereocenters. The molecule has 3 heteroatoms. The maximum absolute atomic E-state index is 11.1. The van der Waals surface area contributed by atoms with Gasteiger partial charge in [0.1, 0.15) is 0 Å². The van der Waals surface area contributed by atoms with Crippen molar-refractivity contribution in [2.75, 3.05) is 0 Å². The summed E-state index contributed by atoms with van der Waals surface area (Å²) in [5.74, 6) is 0.175. The molecule has 2 nitrogen and oxygen atoms in total. The van der Waals surface area contributed by atoms with Gasteiger partial charge in [-0.2, -0.15) is 0 Å². The Balaban J connectivity index is 0.00000121. The van der Waals surface area contributed by atoms with Gasteiger partial charge in [-0.1, -0.05) is 19.3 Å². The summed E-state index contributed by atoms with van der Waals surface area (Å²) in [6.07, 6.45) is 7.23. The van der Waals surface area contributed by atoms with Gasteiger partial charge in [-0.25, -0.2) is 0 Å².